The molecule has 0 radical (unpaired) electrons. The predicted molar refractivity (Wildman–Crippen MR) is 57.2 cm³/mol. The molecule has 0 spiro atoms. The minimum Gasteiger partial charge on any atom is -0.300 e. The molecule has 1 rings (SSSR count). The molecule has 13 heavy (non-hydrogen) atoms. The van der Waals surface area contributed by atoms with E-state index in [1.807, 2.05) is 43.3 Å². The first kappa shape index (κ1) is 9.46. The van der Waals surface area contributed by atoms with Crippen LogP contribution >= 0.6 is 0 Å². The summed E-state index contributed by atoms with van der Waals surface area (Å²) in [5.74, 6) is 0. The topological polar surface area (TPSA) is 23.9 Å². The molecule has 0 saturated carbocycles. The quantitative estimate of drug-likeness (QED) is 0.533. The van der Waals surface area contributed by atoms with Crippen molar-refractivity contribution >= 4 is 5.71 Å². The lowest BCUT2D eigenvalue weighted by Gasteiger charge is -2.02. The number of hydrogen-bond donors (Lipinski definition) is 1. The molecule has 66 valence electrons. The highest BCUT2D eigenvalue weighted by atomic mass is 14.4. The predicted octanol–water partition coefficient (Wildman–Crippen LogP) is 3.19. The summed E-state index contributed by atoms with van der Waals surface area (Å²) in [5, 5.41) is 7.82. The maximum absolute atomic E-state index is 7.82. The first-order chi connectivity index (χ1) is 6.25. The Labute approximate surface area is 78.9 Å². The van der Waals surface area contributed by atoms with Crippen molar-refractivity contribution in [3.05, 3.63) is 60.2 Å². The summed E-state index contributed by atoms with van der Waals surface area (Å²) in [6.07, 6.45) is 3.54. The van der Waals surface area contributed by atoms with Crippen molar-refractivity contribution in [3.63, 3.8) is 0 Å². The number of hydrogen-bond acceptors (Lipinski definition) is 1. The Hall–Kier alpha value is -1.63. The maximum Gasteiger partial charge on any atom is 0.0641 e. The van der Waals surface area contributed by atoms with E-state index in [4.69, 9.17) is 5.41 Å². The van der Waals surface area contributed by atoms with E-state index in [0.29, 0.717) is 5.71 Å². The van der Waals surface area contributed by atoms with Gasteiger partial charge in [0.25, 0.3) is 0 Å². The third-order valence-corrected chi connectivity index (χ3v) is 1.82. The van der Waals surface area contributed by atoms with Gasteiger partial charge in [0.1, 0.15) is 0 Å². The lowest BCUT2D eigenvalue weighted by Crippen LogP contribution is -1.99. The third kappa shape index (κ3) is 2.41. The van der Waals surface area contributed by atoms with Crippen molar-refractivity contribution in [2.75, 3.05) is 0 Å². The summed E-state index contributed by atoms with van der Waals surface area (Å²) in [7, 11) is 0. The number of nitrogens with one attached hydrogen (secondary N) is 1. The van der Waals surface area contributed by atoms with Gasteiger partial charge in [-0.3, -0.25) is 5.41 Å². The Kier molecular flexibility index (Phi) is 3.21. The van der Waals surface area contributed by atoms with Gasteiger partial charge in [0.15, 0.2) is 0 Å². The highest BCUT2D eigenvalue weighted by molar-refractivity contribution is 6.10. The molecule has 0 heterocycles. The Balaban J connectivity index is 2.92. The Morgan fingerprint density at radius 2 is 1.92 bits per heavy atom. The van der Waals surface area contributed by atoms with Crippen molar-refractivity contribution in [2.45, 2.75) is 6.92 Å². The van der Waals surface area contributed by atoms with Crippen LogP contribution in [0, 0.1) is 5.41 Å². The highest BCUT2D eigenvalue weighted by Crippen LogP contribution is 2.07. The van der Waals surface area contributed by atoms with Crippen molar-refractivity contribution in [1.82, 2.24) is 0 Å². The summed E-state index contributed by atoms with van der Waals surface area (Å²) >= 11 is 0. The van der Waals surface area contributed by atoms with Gasteiger partial charge in [-0.15, -0.1) is 0 Å². The standard InChI is InChI=1S/C12H13N/c1-3-7-10(2)12(13)11-8-5-4-6-9-11/h3-9,13H,1H2,2H3/b10-7-,13-12?. The van der Waals surface area contributed by atoms with Gasteiger partial charge in [-0.1, -0.05) is 49.1 Å². The van der Waals surface area contributed by atoms with Crippen molar-refractivity contribution in [2.24, 2.45) is 0 Å². The van der Waals surface area contributed by atoms with E-state index in [1.165, 1.54) is 0 Å². The van der Waals surface area contributed by atoms with Crippen LogP contribution in [-0.2, 0) is 0 Å². The molecule has 1 N–H and O–H groups in total. The van der Waals surface area contributed by atoms with Crippen LogP contribution in [0.25, 0.3) is 0 Å². The summed E-state index contributed by atoms with van der Waals surface area (Å²) in [5.41, 5.74) is 2.43. The minimum absolute atomic E-state index is 0.556. The van der Waals surface area contributed by atoms with Crippen LogP contribution < -0.4 is 0 Å². The molecule has 0 aliphatic carbocycles. The van der Waals surface area contributed by atoms with E-state index in [-0.39, 0.29) is 0 Å². The molecule has 0 amide bonds. The van der Waals surface area contributed by atoms with Crippen molar-refractivity contribution < 1.29 is 0 Å². The van der Waals surface area contributed by atoms with E-state index in [2.05, 4.69) is 6.58 Å². The van der Waals surface area contributed by atoms with E-state index >= 15 is 0 Å². The monoisotopic (exact) mass is 171 g/mol. The molecule has 0 atom stereocenters. The second kappa shape index (κ2) is 4.41. The largest absolute Gasteiger partial charge is 0.300 e. The molecule has 0 bridgehead atoms. The van der Waals surface area contributed by atoms with Gasteiger partial charge in [-0.25, -0.2) is 0 Å². The number of allylic oxidation sites excluding steroid dienone is 3. The molecule has 0 aliphatic heterocycles. The Bertz CT molecular complexity index is 333. The smallest absolute Gasteiger partial charge is 0.0641 e. The summed E-state index contributed by atoms with van der Waals surface area (Å²) in [4.78, 5) is 0. The first-order valence-electron chi connectivity index (χ1n) is 4.19. The van der Waals surface area contributed by atoms with Crippen molar-refractivity contribution in [3.8, 4) is 0 Å². The molecule has 0 saturated heterocycles. The minimum atomic E-state index is 0.556. The van der Waals surface area contributed by atoms with Gasteiger partial charge >= 0.3 is 0 Å². The summed E-state index contributed by atoms with van der Waals surface area (Å²) in [6.45, 7) is 5.52. The molecule has 0 unspecified atom stereocenters. The van der Waals surface area contributed by atoms with Crippen LogP contribution in [0.15, 0.2) is 54.6 Å². The fourth-order valence-electron chi connectivity index (χ4n) is 1.09. The maximum atomic E-state index is 7.82. The van der Waals surface area contributed by atoms with Crippen LogP contribution in [0.1, 0.15) is 12.5 Å². The van der Waals surface area contributed by atoms with Gasteiger partial charge < -0.3 is 0 Å². The molecule has 0 aromatic heterocycles. The van der Waals surface area contributed by atoms with Crippen molar-refractivity contribution in [1.29, 1.82) is 5.41 Å². The highest BCUT2D eigenvalue weighted by Gasteiger charge is 2.00. The lowest BCUT2D eigenvalue weighted by atomic mass is 10.0. The molecule has 1 aromatic carbocycles. The fraction of sp³-hybridized carbons (Fsp3) is 0.0833. The second-order valence-corrected chi connectivity index (χ2v) is 2.83. The SMILES string of the molecule is C=C/C=C(/C)C(=N)c1ccccc1. The molecule has 1 heteroatoms. The first-order valence-corrected chi connectivity index (χ1v) is 4.19. The molecule has 0 fully saturated rings. The number of benzene rings is 1. The van der Waals surface area contributed by atoms with E-state index in [9.17, 15) is 0 Å². The van der Waals surface area contributed by atoms with Crippen LogP contribution in [0.3, 0.4) is 0 Å². The second-order valence-electron chi connectivity index (χ2n) is 2.83. The Morgan fingerprint density at radius 3 is 2.46 bits per heavy atom. The van der Waals surface area contributed by atoms with E-state index in [1.54, 1.807) is 6.08 Å². The Morgan fingerprint density at radius 1 is 1.31 bits per heavy atom. The average molecular weight is 171 g/mol. The van der Waals surface area contributed by atoms with E-state index in [0.717, 1.165) is 11.1 Å². The zero-order chi connectivity index (χ0) is 9.68. The van der Waals surface area contributed by atoms with Gasteiger partial charge in [-0.2, -0.15) is 0 Å². The van der Waals surface area contributed by atoms with Crippen LogP contribution in [-0.4, -0.2) is 5.71 Å². The molecule has 1 aromatic rings. The summed E-state index contributed by atoms with van der Waals surface area (Å²) < 4.78 is 0. The molecular weight excluding hydrogens is 158 g/mol. The van der Waals surface area contributed by atoms with Crippen LogP contribution in [0.4, 0.5) is 0 Å². The number of rotatable bonds is 3. The molecule has 1 nitrogen and oxygen atoms in total. The van der Waals surface area contributed by atoms with Gasteiger partial charge in [-0.05, 0) is 18.1 Å². The summed E-state index contributed by atoms with van der Waals surface area (Å²) in [6, 6.07) is 9.69. The zero-order valence-corrected chi connectivity index (χ0v) is 7.75. The van der Waals surface area contributed by atoms with Gasteiger partial charge in [0.05, 0.1) is 5.71 Å². The fourth-order valence-corrected chi connectivity index (χ4v) is 1.09. The molecule has 0 aliphatic rings. The van der Waals surface area contributed by atoms with E-state index < -0.39 is 0 Å². The third-order valence-electron chi connectivity index (χ3n) is 1.82. The average Bonchev–Trinajstić information content (AvgIpc) is 2.18. The molecular formula is C12H13N. The van der Waals surface area contributed by atoms with Gasteiger partial charge in [0, 0.05) is 0 Å². The van der Waals surface area contributed by atoms with Crippen LogP contribution in [0.2, 0.25) is 0 Å². The van der Waals surface area contributed by atoms with Gasteiger partial charge in [0.2, 0.25) is 0 Å². The normalized spacial score (nSPS) is 11.0. The zero-order valence-electron chi connectivity index (χ0n) is 7.75. The lowest BCUT2D eigenvalue weighted by molar-refractivity contribution is 1.42. The van der Waals surface area contributed by atoms with Crippen LogP contribution in [0.5, 0.6) is 0 Å².